The second-order valence-corrected chi connectivity index (χ2v) is 20.6. The Morgan fingerprint density at radius 1 is 0.292 bits per heavy atom. The third-order valence-electron chi connectivity index (χ3n) is 13.4. The van der Waals surface area contributed by atoms with Crippen molar-refractivity contribution in [3.8, 4) is 0 Å². The molecule has 0 saturated carbocycles. The number of ether oxygens (including phenoxy) is 3. The van der Waals surface area contributed by atoms with Crippen LogP contribution in [0.25, 0.3) is 0 Å². The van der Waals surface area contributed by atoms with Crippen molar-refractivity contribution in [3.05, 3.63) is 72.9 Å². The highest BCUT2D eigenvalue weighted by molar-refractivity contribution is 5.71. The SMILES string of the molecule is CC/C=C\C/C=C\C/C=C\C/C=C\C/C=C\CCCCCCCCCCCC(=O)OCC(COC(=O)CCCCCCCCCCCCC)OC(=O)CCCCCCCCC/C=C\CCCCCCCCC. The number of esters is 3. The summed E-state index contributed by atoms with van der Waals surface area (Å²) in [6.07, 6.45) is 77.6. The van der Waals surface area contributed by atoms with Crippen LogP contribution in [0.5, 0.6) is 0 Å². The molecule has 0 saturated heterocycles. The predicted octanol–water partition coefficient (Wildman–Crippen LogP) is 20.9. The van der Waals surface area contributed by atoms with E-state index in [9.17, 15) is 14.4 Å². The average molecular weight is 1010 g/mol. The zero-order valence-electron chi connectivity index (χ0n) is 47.7. The molecule has 416 valence electrons. The van der Waals surface area contributed by atoms with E-state index in [-0.39, 0.29) is 31.1 Å². The molecular formula is C66H116O6. The number of hydrogen-bond donors (Lipinski definition) is 0. The highest BCUT2D eigenvalue weighted by atomic mass is 16.6. The van der Waals surface area contributed by atoms with Crippen LogP contribution in [0.1, 0.15) is 310 Å². The second kappa shape index (κ2) is 60.4. The van der Waals surface area contributed by atoms with E-state index < -0.39 is 6.10 Å². The van der Waals surface area contributed by atoms with Gasteiger partial charge in [0.1, 0.15) is 13.2 Å². The van der Waals surface area contributed by atoms with Crippen LogP contribution < -0.4 is 0 Å². The van der Waals surface area contributed by atoms with Gasteiger partial charge in [-0.25, -0.2) is 0 Å². The van der Waals surface area contributed by atoms with Crippen molar-refractivity contribution in [2.45, 2.75) is 316 Å². The fourth-order valence-corrected chi connectivity index (χ4v) is 8.82. The maximum absolute atomic E-state index is 12.9. The third-order valence-corrected chi connectivity index (χ3v) is 13.4. The van der Waals surface area contributed by atoms with Gasteiger partial charge >= 0.3 is 17.9 Å². The average Bonchev–Trinajstić information content (AvgIpc) is 3.38. The highest BCUT2D eigenvalue weighted by Gasteiger charge is 2.19. The fourth-order valence-electron chi connectivity index (χ4n) is 8.82. The van der Waals surface area contributed by atoms with Gasteiger partial charge < -0.3 is 14.2 Å². The van der Waals surface area contributed by atoms with Gasteiger partial charge in [-0.15, -0.1) is 0 Å². The minimum absolute atomic E-state index is 0.0758. The van der Waals surface area contributed by atoms with Crippen molar-refractivity contribution < 1.29 is 28.6 Å². The van der Waals surface area contributed by atoms with E-state index in [0.717, 1.165) is 96.3 Å². The lowest BCUT2D eigenvalue weighted by atomic mass is 10.1. The molecule has 0 heterocycles. The number of carbonyl (C=O) groups is 3. The fraction of sp³-hybridized carbons (Fsp3) is 0.773. The van der Waals surface area contributed by atoms with E-state index in [4.69, 9.17) is 14.2 Å². The van der Waals surface area contributed by atoms with Crippen molar-refractivity contribution in [1.29, 1.82) is 0 Å². The summed E-state index contributed by atoms with van der Waals surface area (Å²) in [5, 5.41) is 0. The molecule has 0 aliphatic rings. The Balaban J connectivity index is 4.29. The molecule has 0 aliphatic heterocycles. The number of rotatable bonds is 56. The molecule has 0 amide bonds. The van der Waals surface area contributed by atoms with Gasteiger partial charge in [-0.05, 0) is 89.9 Å². The van der Waals surface area contributed by atoms with Crippen molar-refractivity contribution in [2.24, 2.45) is 0 Å². The van der Waals surface area contributed by atoms with E-state index in [1.807, 2.05) is 0 Å². The third kappa shape index (κ3) is 57.7. The van der Waals surface area contributed by atoms with Gasteiger partial charge in [-0.2, -0.15) is 0 Å². The topological polar surface area (TPSA) is 78.9 Å². The number of allylic oxidation sites excluding steroid dienone is 12. The van der Waals surface area contributed by atoms with E-state index in [1.165, 1.54) is 173 Å². The lowest BCUT2D eigenvalue weighted by Crippen LogP contribution is -2.30. The number of unbranched alkanes of at least 4 members (excludes halogenated alkanes) is 33. The van der Waals surface area contributed by atoms with Gasteiger partial charge in [0.05, 0.1) is 0 Å². The van der Waals surface area contributed by atoms with E-state index >= 15 is 0 Å². The Morgan fingerprint density at radius 3 is 0.861 bits per heavy atom. The first-order chi connectivity index (χ1) is 35.5. The number of hydrogen-bond acceptors (Lipinski definition) is 6. The van der Waals surface area contributed by atoms with Crippen LogP contribution in [-0.2, 0) is 28.6 Å². The van der Waals surface area contributed by atoms with Crippen molar-refractivity contribution >= 4 is 17.9 Å². The monoisotopic (exact) mass is 1000 g/mol. The van der Waals surface area contributed by atoms with Gasteiger partial charge in [0, 0.05) is 19.3 Å². The Morgan fingerprint density at radius 2 is 0.542 bits per heavy atom. The summed E-state index contributed by atoms with van der Waals surface area (Å²) in [7, 11) is 0. The summed E-state index contributed by atoms with van der Waals surface area (Å²) < 4.78 is 16.9. The van der Waals surface area contributed by atoms with Crippen LogP contribution in [0.2, 0.25) is 0 Å². The Bertz CT molecular complexity index is 1340. The van der Waals surface area contributed by atoms with Crippen molar-refractivity contribution in [1.82, 2.24) is 0 Å². The molecule has 0 aromatic rings. The van der Waals surface area contributed by atoms with Crippen molar-refractivity contribution in [2.75, 3.05) is 13.2 Å². The predicted molar refractivity (Wildman–Crippen MR) is 311 cm³/mol. The van der Waals surface area contributed by atoms with Crippen LogP contribution in [0.4, 0.5) is 0 Å². The maximum Gasteiger partial charge on any atom is 0.306 e. The van der Waals surface area contributed by atoms with Gasteiger partial charge in [0.2, 0.25) is 0 Å². The molecule has 0 aromatic carbocycles. The Kier molecular flexibility index (Phi) is 57.8. The van der Waals surface area contributed by atoms with Crippen LogP contribution in [0.3, 0.4) is 0 Å². The van der Waals surface area contributed by atoms with E-state index in [0.29, 0.717) is 19.3 Å². The largest absolute Gasteiger partial charge is 0.462 e. The summed E-state index contributed by atoms with van der Waals surface area (Å²) in [4.78, 5) is 38.2. The lowest BCUT2D eigenvalue weighted by Gasteiger charge is -2.18. The molecule has 0 fully saturated rings. The zero-order valence-corrected chi connectivity index (χ0v) is 47.7. The zero-order chi connectivity index (χ0) is 52.2. The molecule has 72 heavy (non-hydrogen) atoms. The first-order valence-electron chi connectivity index (χ1n) is 30.9. The smallest absolute Gasteiger partial charge is 0.306 e. The maximum atomic E-state index is 12.9. The second-order valence-electron chi connectivity index (χ2n) is 20.6. The molecule has 0 bridgehead atoms. The lowest BCUT2D eigenvalue weighted by molar-refractivity contribution is -0.167. The van der Waals surface area contributed by atoms with Crippen molar-refractivity contribution in [3.63, 3.8) is 0 Å². The minimum atomic E-state index is -0.778. The minimum Gasteiger partial charge on any atom is -0.462 e. The molecule has 0 aliphatic carbocycles. The number of carbonyl (C=O) groups excluding carboxylic acids is 3. The van der Waals surface area contributed by atoms with Gasteiger partial charge in [-0.3, -0.25) is 14.4 Å². The van der Waals surface area contributed by atoms with Crippen LogP contribution in [-0.4, -0.2) is 37.2 Å². The molecule has 1 atom stereocenters. The van der Waals surface area contributed by atoms with Gasteiger partial charge in [0.15, 0.2) is 6.10 Å². The summed E-state index contributed by atoms with van der Waals surface area (Å²) in [6.45, 7) is 6.54. The summed E-state index contributed by atoms with van der Waals surface area (Å²) in [6, 6.07) is 0. The molecule has 0 radical (unpaired) electrons. The summed E-state index contributed by atoms with van der Waals surface area (Å²) in [5.41, 5.74) is 0. The molecule has 6 heteroatoms. The standard InChI is InChI=1S/C66H116O6/c1-4-7-10-13-16-19-22-24-26-28-30-31-32-33-34-35-36-38-39-41-44-47-50-53-56-59-65(68)71-62-63(61-70-64(67)58-55-52-49-46-43-21-18-15-12-9-6-3)72-66(69)60-57-54-51-48-45-42-40-37-29-27-25-23-20-17-14-11-8-5-2/h7,10,16,19,24,26-27,29-31,33-34,63H,4-6,8-9,11-15,17-18,20-23,25,28,32,35-62H2,1-3H3/b10-7-,19-16-,26-24-,29-27-,31-30-,34-33-. The van der Waals surface area contributed by atoms with Crippen LogP contribution in [0, 0.1) is 0 Å². The van der Waals surface area contributed by atoms with Gasteiger partial charge in [0.25, 0.3) is 0 Å². The van der Waals surface area contributed by atoms with E-state index in [1.54, 1.807) is 0 Å². The molecule has 0 N–H and O–H groups in total. The first kappa shape index (κ1) is 68.8. The molecule has 0 spiro atoms. The molecule has 6 nitrogen and oxygen atoms in total. The van der Waals surface area contributed by atoms with Crippen LogP contribution >= 0.6 is 0 Å². The summed E-state index contributed by atoms with van der Waals surface area (Å²) >= 11 is 0. The quantitative estimate of drug-likeness (QED) is 0.0261. The first-order valence-corrected chi connectivity index (χ1v) is 30.9. The summed E-state index contributed by atoms with van der Waals surface area (Å²) in [5.74, 6) is -0.874. The molecule has 1 unspecified atom stereocenters. The molecule has 0 aromatic heterocycles. The van der Waals surface area contributed by atoms with E-state index in [2.05, 4.69) is 93.7 Å². The van der Waals surface area contributed by atoms with Gasteiger partial charge in [-0.1, -0.05) is 273 Å². The molecular weight excluding hydrogens is 889 g/mol. The van der Waals surface area contributed by atoms with Crippen LogP contribution in [0.15, 0.2) is 72.9 Å². The normalized spacial score (nSPS) is 12.5. The highest BCUT2D eigenvalue weighted by Crippen LogP contribution is 2.16. The Hall–Kier alpha value is -3.15. The Labute approximate surface area is 446 Å². The molecule has 0 rings (SSSR count).